The van der Waals surface area contributed by atoms with Gasteiger partial charge in [0.2, 0.25) is 0 Å². The number of H-pyrrole nitrogens is 1. The highest BCUT2D eigenvalue weighted by atomic mass is 79.9. The third kappa shape index (κ3) is 2.67. The SMILES string of the molecule is Cc1nc2ccc(NCc3cc(F)ccc3Br)cc2[nH]1. The van der Waals surface area contributed by atoms with Crippen molar-refractivity contribution in [2.24, 2.45) is 0 Å². The number of halogens is 2. The molecule has 3 aromatic rings. The molecule has 0 saturated carbocycles. The van der Waals surface area contributed by atoms with Gasteiger partial charge in [-0.15, -0.1) is 0 Å². The van der Waals surface area contributed by atoms with Crippen LogP contribution in [0, 0.1) is 12.7 Å². The number of aromatic amines is 1. The summed E-state index contributed by atoms with van der Waals surface area (Å²) in [5.74, 6) is 0.662. The molecule has 5 heteroatoms. The van der Waals surface area contributed by atoms with Crippen molar-refractivity contribution in [1.82, 2.24) is 9.97 Å². The van der Waals surface area contributed by atoms with Gasteiger partial charge in [0, 0.05) is 16.7 Å². The number of fused-ring (bicyclic) bond motifs is 1. The third-order valence-corrected chi connectivity index (χ3v) is 3.86. The molecule has 0 saturated heterocycles. The molecule has 2 aromatic carbocycles. The fourth-order valence-corrected chi connectivity index (χ4v) is 2.51. The highest BCUT2D eigenvalue weighted by molar-refractivity contribution is 9.10. The van der Waals surface area contributed by atoms with Crippen LogP contribution in [0.2, 0.25) is 0 Å². The number of hydrogen-bond acceptors (Lipinski definition) is 2. The molecule has 1 aromatic heterocycles. The normalized spacial score (nSPS) is 10.9. The molecular formula is C15H13BrFN3. The molecular weight excluding hydrogens is 321 g/mol. The van der Waals surface area contributed by atoms with E-state index in [1.54, 1.807) is 6.07 Å². The van der Waals surface area contributed by atoms with Gasteiger partial charge < -0.3 is 10.3 Å². The Balaban J connectivity index is 1.80. The van der Waals surface area contributed by atoms with Crippen LogP contribution in [-0.4, -0.2) is 9.97 Å². The summed E-state index contributed by atoms with van der Waals surface area (Å²) in [5, 5.41) is 3.29. The van der Waals surface area contributed by atoms with Gasteiger partial charge in [0.1, 0.15) is 11.6 Å². The van der Waals surface area contributed by atoms with Crippen molar-refractivity contribution >= 4 is 32.7 Å². The van der Waals surface area contributed by atoms with Gasteiger partial charge in [0.25, 0.3) is 0 Å². The third-order valence-electron chi connectivity index (χ3n) is 3.09. The largest absolute Gasteiger partial charge is 0.381 e. The van der Waals surface area contributed by atoms with E-state index in [9.17, 15) is 4.39 Å². The average molecular weight is 334 g/mol. The molecule has 2 N–H and O–H groups in total. The Morgan fingerprint density at radius 1 is 1.25 bits per heavy atom. The minimum atomic E-state index is -0.232. The molecule has 0 radical (unpaired) electrons. The molecule has 1 heterocycles. The summed E-state index contributed by atoms with van der Waals surface area (Å²) in [6.45, 7) is 2.48. The van der Waals surface area contributed by atoms with Crippen molar-refractivity contribution < 1.29 is 4.39 Å². The van der Waals surface area contributed by atoms with Crippen molar-refractivity contribution in [1.29, 1.82) is 0 Å². The fourth-order valence-electron chi connectivity index (χ4n) is 2.12. The van der Waals surface area contributed by atoms with Crippen LogP contribution in [0.3, 0.4) is 0 Å². The van der Waals surface area contributed by atoms with Gasteiger partial charge in [-0.1, -0.05) is 15.9 Å². The van der Waals surface area contributed by atoms with Gasteiger partial charge in [0.05, 0.1) is 11.0 Å². The van der Waals surface area contributed by atoms with Crippen LogP contribution in [0.5, 0.6) is 0 Å². The Hall–Kier alpha value is -1.88. The number of rotatable bonds is 3. The molecule has 0 bridgehead atoms. The monoisotopic (exact) mass is 333 g/mol. The molecule has 0 aliphatic carbocycles. The standard InChI is InChI=1S/C15H13BrFN3/c1-9-19-14-5-3-12(7-15(14)20-9)18-8-10-6-11(17)2-4-13(10)16/h2-7,18H,8H2,1H3,(H,19,20). The van der Waals surface area contributed by atoms with Crippen LogP contribution >= 0.6 is 15.9 Å². The lowest BCUT2D eigenvalue weighted by molar-refractivity contribution is 0.625. The Kier molecular flexibility index (Phi) is 3.44. The molecule has 3 nitrogen and oxygen atoms in total. The van der Waals surface area contributed by atoms with E-state index in [4.69, 9.17) is 0 Å². The quantitative estimate of drug-likeness (QED) is 0.746. The molecule has 0 aliphatic heterocycles. The minimum absolute atomic E-state index is 0.232. The maximum atomic E-state index is 13.2. The molecule has 20 heavy (non-hydrogen) atoms. The lowest BCUT2D eigenvalue weighted by Gasteiger charge is -2.08. The summed E-state index contributed by atoms with van der Waals surface area (Å²) in [6.07, 6.45) is 0. The zero-order valence-corrected chi connectivity index (χ0v) is 12.5. The summed E-state index contributed by atoms with van der Waals surface area (Å²) in [7, 11) is 0. The number of anilines is 1. The fraction of sp³-hybridized carbons (Fsp3) is 0.133. The second-order valence-corrected chi connectivity index (χ2v) is 5.50. The number of aryl methyl sites for hydroxylation is 1. The van der Waals surface area contributed by atoms with Gasteiger partial charge in [-0.25, -0.2) is 9.37 Å². The van der Waals surface area contributed by atoms with Crippen LogP contribution in [0.25, 0.3) is 11.0 Å². The van der Waals surface area contributed by atoms with Gasteiger partial charge in [0.15, 0.2) is 0 Å². The predicted octanol–water partition coefficient (Wildman–Crippen LogP) is 4.39. The van der Waals surface area contributed by atoms with Gasteiger partial charge in [-0.05, 0) is 48.9 Å². The average Bonchev–Trinajstić information content (AvgIpc) is 2.79. The van der Waals surface area contributed by atoms with Crippen LogP contribution in [0.1, 0.15) is 11.4 Å². The zero-order chi connectivity index (χ0) is 14.1. The topological polar surface area (TPSA) is 40.7 Å². The van der Waals surface area contributed by atoms with E-state index in [1.165, 1.54) is 12.1 Å². The summed E-state index contributed by atoms with van der Waals surface area (Å²) >= 11 is 3.42. The Morgan fingerprint density at radius 3 is 2.95 bits per heavy atom. The summed E-state index contributed by atoms with van der Waals surface area (Å²) < 4.78 is 14.1. The maximum absolute atomic E-state index is 13.2. The van der Waals surface area contributed by atoms with Gasteiger partial charge >= 0.3 is 0 Å². The van der Waals surface area contributed by atoms with E-state index < -0.39 is 0 Å². The minimum Gasteiger partial charge on any atom is -0.381 e. The summed E-state index contributed by atoms with van der Waals surface area (Å²) in [6, 6.07) is 10.6. The Morgan fingerprint density at radius 2 is 2.10 bits per heavy atom. The van der Waals surface area contributed by atoms with E-state index in [1.807, 2.05) is 25.1 Å². The first-order chi connectivity index (χ1) is 9.61. The molecule has 0 fully saturated rings. The van der Waals surface area contributed by atoms with Crippen LogP contribution in [0.15, 0.2) is 40.9 Å². The lowest BCUT2D eigenvalue weighted by atomic mass is 10.2. The highest BCUT2D eigenvalue weighted by Crippen LogP contribution is 2.21. The molecule has 0 amide bonds. The van der Waals surface area contributed by atoms with E-state index in [0.29, 0.717) is 6.54 Å². The first-order valence-corrected chi connectivity index (χ1v) is 7.05. The molecule has 0 atom stereocenters. The summed E-state index contributed by atoms with van der Waals surface area (Å²) in [5.41, 5.74) is 3.79. The van der Waals surface area contributed by atoms with Gasteiger partial charge in [-0.2, -0.15) is 0 Å². The second-order valence-electron chi connectivity index (χ2n) is 4.64. The first-order valence-electron chi connectivity index (χ1n) is 6.26. The lowest BCUT2D eigenvalue weighted by Crippen LogP contribution is -2.00. The number of benzene rings is 2. The number of aromatic nitrogens is 2. The van der Waals surface area contributed by atoms with E-state index >= 15 is 0 Å². The molecule has 102 valence electrons. The maximum Gasteiger partial charge on any atom is 0.123 e. The second kappa shape index (κ2) is 5.25. The van der Waals surface area contributed by atoms with E-state index in [-0.39, 0.29) is 5.82 Å². The molecule has 0 spiro atoms. The van der Waals surface area contributed by atoms with Crippen molar-refractivity contribution in [2.75, 3.05) is 5.32 Å². The van der Waals surface area contributed by atoms with E-state index in [2.05, 4.69) is 31.2 Å². The predicted molar refractivity (Wildman–Crippen MR) is 82.3 cm³/mol. The first kappa shape index (κ1) is 13.1. The van der Waals surface area contributed by atoms with Crippen molar-refractivity contribution in [3.8, 4) is 0 Å². The van der Waals surface area contributed by atoms with Crippen molar-refractivity contribution in [3.05, 3.63) is 58.1 Å². The smallest absolute Gasteiger partial charge is 0.123 e. The number of imidazole rings is 1. The number of hydrogen-bond donors (Lipinski definition) is 2. The van der Waals surface area contributed by atoms with Crippen LogP contribution < -0.4 is 5.32 Å². The van der Waals surface area contributed by atoms with Gasteiger partial charge in [-0.3, -0.25) is 0 Å². The zero-order valence-electron chi connectivity index (χ0n) is 10.9. The summed E-state index contributed by atoms with van der Waals surface area (Å²) in [4.78, 5) is 7.55. The van der Waals surface area contributed by atoms with Crippen molar-refractivity contribution in [2.45, 2.75) is 13.5 Å². The van der Waals surface area contributed by atoms with E-state index in [0.717, 1.165) is 32.6 Å². The number of nitrogens with one attached hydrogen (secondary N) is 2. The Labute approximate surface area is 124 Å². The van der Waals surface area contributed by atoms with Crippen LogP contribution in [0.4, 0.5) is 10.1 Å². The Bertz CT molecular complexity index is 767. The van der Waals surface area contributed by atoms with Crippen LogP contribution in [-0.2, 0) is 6.54 Å². The number of nitrogens with zero attached hydrogens (tertiary/aromatic N) is 1. The molecule has 0 unspecified atom stereocenters. The van der Waals surface area contributed by atoms with Crippen molar-refractivity contribution in [3.63, 3.8) is 0 Å². The highest BCUT2D eigenvalue weighted by Gasteiger charge is 2.04. The molecule has 3 rings (SSSR count). The molecule has 0 aliphatic rings.